The molecule has 2 aromatic heterocycles. The highest BCUT2D eigenvalue weighted by molar-refractivity contribution is 6.08. The number of aliphatic carboxylic acids is 1. The van der Waals surface area contributed by atoms with Crippen LogP contribution in [0.25, 0.3) is 11.3 Å². The van der Waals surface area contributed by atoms with E-state index in [4.69, 9.17) is 10.8 Å². The van der Waals surface area contributed by atoms with Gasteiger partial charge >= 0.3 is 5.97 Å². The molecule has 0 aliphatic carbocycles. The van der Waals surface area contributed by atoms with Crippen LogP contribution in [0.5, 0.6) is 0 Å². The molecule has 4 N–H and O–H groups in total. The van der Waals surface area contributed by atoms with E-state index < -0.39 is 5.97 Å². The van der Waals surface area contributed by atoms with Gasteiger partial charge in [-0.3, -0.25) is 9.59 Å². The highest BCUT2D eigenvalue weighted by Gasteiger charge is 2.14. The minimum atomic E-state index is -0.724. The molecule has 0 aliphatic heterocycles. The Kier molecular flexibility index (Phi) is 9.06. The Labute approximate surface area is 207 Å². The number of fused-ring (bicyclic) bond motifs is 1. The zero-order valence-electron chi connectivity index (χ0n) is 20.9. The lowest BCUT2D eigenvalue weighted by atomic mass is 9.95. The molecule has 1 atom stereocenters. The van der Waals surface area contributed by atoms with E-state index in [1.807, 2.05) is 54.8 Å². The largest absolute Gasteiger partial charge is 0.481 e. The van der Waals surface area contributed by atoms with E-state index in [1.165, 1.54) is 0 Å². The van der Waals surface area contributed by atoms with Crippen LogP contribution in [0.1, 0.15) is 79.2 Å². The van der Waals surface area contributed by atoms with Gasteiger partial charge in [-0.2, -0.15) is 0 Å². The molecule has 3 aromatic rings. The molecule has 7 nitrogen and oxygen atoms in total. The van der Waals surface area contributed by atoms with Gasteiger partial charge in [0.2, 0.25) is 0 Å². The lowest BCUT2D eigenvalue weighted by Crippen LogP contribution is -2.12. The summed E-state index contributed by atoms with van der Waals surface area (Å²) in [6.07, 6.45) is 10.1. The number of allylic oxidation sites excluding steroid dienone is 1. The van der Waals surface area contributed by atoms with Gasteiger partial charge < -0.3 is 20.6 Å². The summed E-state index contributed by atoms with van der Waals surface area (Å²) in [6, 6.07) is 11.3. The van der Waals surface area contributed by atoms with Crippen LogP contribution in [-0.4, -0.2) is 26.4 Å². The molecule has 0 bridgehead atoms. The fraction of sp³-hybridized carbons (Fsp3) is 0.393. The number of hydrogen-bond donors (Lipinski definition) is 3. The average Bonchev–Trinajstić information content (AvgIpc) is 3.25. The molecular weight excluding hydrogens is 440 g/mol. The molecule has 1 unspecified atom stereocenters. The van der Waals surface area contributed by atoms with Gasteiger partial charge in [-0.15, -0.1) is 0 Å². The summed E-state index contributed by atoms with van der Waals surface area (Å²) in [6.45, 7) is 6.07. The maximum Gasteiger partial charge on any atom is 0.303 e. The number of aromatic nitrogens is 2. The number of benzene rings is 1. The van der Waals surface area contributed by atoms with Crippen molar-refractivity contribution in [3.8, 4) is 0 Å². The molecule has 0 spiro atoms. The van der Waals surface area contributed by atoms with Crippen LogP contribution in [0, 0.1) is 19.8 Å². The summed E-state index contributed by atoms with van der Waals surface area (Å²) < 4.78 is 1.91. The molecular formula is C28H36N4O3. The third kappa shape index (κ3) is 7.18. The van der Waals surface area contributed by atoms with E-state index in [0.717, 1.165) is 61.2 Å². The predicted molar refractivity (Wildman–Crippen MR) is 140 cm³/mol. The van der Waals surface area contributed by atoms with Gasteiger partial charge in [0.1, 0.15) is 5.65 Å². The first kappa shape index (κ1) is 26.0. The molecule has 3 rings (SSSR count). The quantitative estimate of drug-likeness (QED) is 0.280. The van der Waals surface area contributed by atoms with Crippen molar-refractivity contribution in [3.63, 3.8) is 0 Å². The molecule has 0 radical (unpaired) electrons. The van der Waals surface area contributed by atoms with Crippen LogP contribution in [0.4, 0.5) is 5.69 Å². The van der Waals surface area contributed by atoms with Gasteiger partial charge in [-0.1, -0.05) is 44.4 Å². The van der Waals surface area contributed by atoms with Crippen molar-refractivity contribution in [3.05, 3.63) is 71.2 Å². The minimum Gasteiger partial charge on any atom is -0.481 e. The van der Waals surface area contributed by atoms with Crippen molar-refractivity contribution in [1.29, 1.82) is 0 Å². The number of nitrogens with zero attached hydrogens (tertiary/aromatic N) is 2. The monoisotopic (exact) mass is 476 g/mol. The van der Waals surface area contributed by atoms with E-state index in [1.54, 1.807) is 6.07 Å². The van der Waals surface area contributed by atoms with Crippen LogP contribution in [0.3, 0.4) is 0 Å². The summed E-state index contributed by atoms with van der Waals surface area (Å²) in [5.41, 5.74) is 11.8. The van der Waals surface area contributed by atoms with Crippen LogP contribution >= 0.6 is 0 Å². The molecule has 186 valence electrons. The topological polar surface area (TPSA) is 110 Å². The van der Waals surface area contributed by atoms with Gasteiger partial charge in [-0.25, -0.2) is 4.98 Å². The number of hydrogen-bond acceptors (Lipinski definition) is 4. The predicted octanol–water partition coefficient (Wildman–Crippen LogP) is 5.95. The van der Waals surface area contributed by atoms with Crippen LogP contribution in [0.2, 0.25) is 0 Å². The number of nitrogens with two attached hydrogens (primary N) is 1. The van der Waals surface area contributed by atoms with Gasteiger partial charge in [0, 0.05) is 35.4 Å². The average molecular weight is 477 g/mol. The van der Waals surface area contributed by atoms with Crippen molar-refractivity contribution >= 4 is 28.9 Å². The SMILES string of the molecule is CCC(/C=C(\N)c1ccc(NC(=O)c2ccn3c(C)cc(C)nc23)cc1)CCCCCCC(=O)O. The second kappa shape index (κ2) is 12.2. The summed E-state index contributed by atoms with van der Waals surface area (Å²) >= 11 is 0. The van der Waals surface area contributed by atoms with Crippen molar-refractivity contribution in [1.82, 2.24) is 9.38 Å². The Morgan fingerprint density at radius 1 is 1.11 bits per heavy atom. The van der Waals surface area contributed by atoms with E-state index in [9.17, 15) is 9.59 Å². The Morgan fingerprint density at radius 3 is 2.51 bits per heavy atom. The Morgan fingerprint density at radius 2 is 1.83 bits per heavy atom. The van der Waals surface area contributed by atoms with Gasteiger partial charge in [0.05, 0.1) is 5.56 Å². The zero-order chi connectivity index (χ0) is 25.4. The molecule has 0 saturated carbocycles. The van der Waals surface area contributed by atoms with Crippen LogP contribution < -0.4 is 11.1 Å². The fourth-order valence-electron chi connectivity index (χ4n) is 4.31. The van der Waals surface area contributed by atoms with Crippen molar-refractivity contribution in [2.75, 3.05) is 5.32 Å². The van der Waals surface area contributed by atoms with E-state index in [0.29, 0.717) is 22.8 Å². The molecule has 7 heteroatoms. The third-order valence-electron chi connectivity index (χ3n) is 6.32. The number of carbonyl (C=O) groups excluding carboxylic acids is 1. The normalized spacial score (nSPS) is 12.6. The molecule has 1 aromatic carbocycles. The number of carboxylic acid groups (broad SMARTS) is 1. The Bertz CT molecular complexity index is 1190. The minimum absolute atomic E-state index is 0.198. The third-order valence-corrected chi connectivity index (χ3v) is 6.32. The van der Waals surface area contributed by atoms with Crippen molar-refractivity contribution in [2.24, 2.45) is 11.7 Å². The fourth-order valence-corrected chi connectivity index (χ4v) is 4.31. The lowest BCUT2D eigenvalue weighted by molar-refractivity contribution is -0.137. The second-order valence-electron chi connectivity index (χ2n) is 9.13. The number of amides is 1. The number of anilines is 1. The smallest absolute Gasteiger partial charge is 0.303 e. The highest BCUT2D eigenvalue weighted by Crippen LogP contribution is 2.22. The van der Waals surface area contributed by atoms with Gasteiger partial charge in [0.25, 0.3) is 5.91 Å². The van der Waals surface area contributed by atoms with Crippen LogP contribution in [-0.2, 0) is 4.79 Å². The highest BCUT2D eigenvalue weighted by atomic mass is 16.4. The Hall–Kier alpha value is -3.61. The molecule has 1 amide bonds. The van der Waals surface area contributed by atoms with Crippen LogP contribution in [0.15, 0.2) is 48.7 Å². The van der Waals surface area contributed by atoms with Gasteiger partial charge in [-0.05, 0) is 68.9 Å². The number of unbranched alkanes of at least 4 members (excludes halogenated alkanes) is 3. The summed E-state index contributed by atoms with van der Waals surface area (Å²) in [5, 5.41) is 11.7. The second-order valence-corrected chi connectivity index (χ2v) is 9.13. The molecule has 0 fully saturated rings. The first-order valence-electron chi connectivity index (χ1n) is 12.3. The first-order valence-corrected chi connectivity index (χ1v) is 12.3. The van der Waals surface area contributed by atoms with E-state index in [-0.39, 0.29) is 12.3 Å². The molecule has 35 heavy (non-hydrogen) atoms. The molecule has 0 aliphatic rings. The lowest BCUT2D eigenvalue weighted by Gasteiger charge is -2.12. The van der Waals surface area contributed by atoms with E-state index >= 15 is 0 Å². The molecule has 2 heterocycles. The summed E-state index contributed by atoms with van der Waals surface area (Å²) in [5.74, 6) is -0.537. The van der Waals surface area contributed by atoms with Crippen molar-refractivity contribution < 1.29 is 14.7 Å². The number of rotatable bonds is 12. The maximum absolute atomic E-state index is 12.9. The number of carbonyl (C=O) groups is 2. The number of carboxylic acids is 1. The summed E-state index contributed by atoms with van der Waals surface area (Å²) in [7, 11) is 0. The summed E-state index contributed by atoms with van der Waals surface area (Å²) in [4.78, 5) is 28.0. The number of nitrogens with one attached hydrogen (secondary N) is 1. The van der Waals surface area contributed by atoms with Gasteiger partial charge in [0.15, 0.2) is 0 Å². The maximum atomic E-state index is 12.9. The molecule has 0 saturated heterocycles. The van der Waals surface area contributed by atoms with E-state index in [2.05, 4.69) is 23.3 Å². The Balaban J connectivity index is 1.58. The number of aryl methyl sites for hydroxylation is 2. The first-order chi connectivity index (χ1) is 16.8. The zero-order valence-corrected chi connectivity index (χ0v) is 20.9. The van der Waals surface area contributed by atoms with Crippen molar-refractivity contribution in [2.45, 2.75) is 65.7 Å². The standard InChI is InChI=1S/C28H36N4O3/c1-4-21(9-7-5-6-8-10-26(33)34)18-25(29)22-11-13-23(14-12-22)31-28(35)24-15-16-32-20(3)17-19(2)30-27(24)32/h11-18,21H,4-10,29H2,1-3H3,(H,31,35)(H,33,34)/b25-18-.